The zero-order valence-corrected chi connectivity index (χ0v) is 13.3. The van der Waals surface area contributed by atoms with Gasteiger partial charge in [0, 0.05) is 11.8 Å². The third kappa shape index (κ3) is 2.50. The molecule has 0 aliphatic heterocycles. The molecule has 0 saturated carbocycles. The van der Waals surface area contributed by atoms with Gasteiger partial charge >= 0.3 is 5.97 Å². The number of benzene rings is 1. The van der Waals surface area contributed by atoms with E-state index in [0.29, 0.717) is 12.5 Å². The molecular formula is C18H20N2O3. The number of fused-ring (bicyclic) bond motifs is 2. The minimum atomic E-state index is -0.451. The maximum Gasteiger partial charge on any atom is 0.360 e. The number of nitrogens with zero attached hydrogens (tertiary/aromatic N) is 1. The van der Waals surface area contributed by atoms with Gasteiger partial charge in [0.25, 0.3) is 0 Å². The second kappa shape index (κ2) is 5.72. The molecule has 1 N–H and O–H groups in total. The summed E-state index contributed by atoms with van der Waals surface area (Å²) in [6, 6.07) is 4.01. The van der Waals surface area contributed by atoms with Crippen molar-refractivity contribution in [3.05, 3.63) is 40.1 Å². The van der Waals surface area contributed by atoms with Crippen LogP contribution in [0.3, 0.4) is 0 Å². The molecule has 1 heterocycles. The highest BCUT2D eigenvalue weighted by molar-refractivity contribution is 5.88. The number of anilines is 2. The first-order valence-electron chi connectivity index (χ1n) is 8.33. The molecule has 4 rings (SSSR count). The predicted molar refractivity (Wildman–Crippen MR) is 86.2 cm³/mol. The second-order valence-corrected chi connectivity index (χ2v) is 6.16. The Morgan fingerprint density at radius 3 is 2.52 bits per heavy atom. The van der Waals surface area contributed by atoms with Crippen molar-refractivity contribution in [1.29, 1.82) is 0 Å². The lowest BCUT2D eigenvalue weighted by atomic mass is 9.99. The first-order valence-corrected chi connectivity index (χ1v) is 8.33. The summed E-state index contributed by atoms with van der Waals surface area (Å²) in [5.74, 6) is 0.0512. The van der Waals surface area contributed by atoms with Crippen LogP contribution in [0, 0.1) is 0 Å². The third-order valence-electron chi connectivity index (χ3n) is 4.72. The number of ether oxygens (including phenoxy) is 1. The maximum atomic E-state index is 11.7. The SMILES string of the molecule is CCOC(=O)c1cc(Nc2c3c(cc4c2CCC4)CCC3)on1. The van der Waals surface area contributed by atoms with E-state index >= 15 is 0 Å². The summed E-state index contributed by atoms with van der Waals surface area (Å²) in [5, 5.41) is 7.19. The number of carbonyl (C=O) groups is 1. The molecule has 2 aromatic rings. The van der Waals surface area contributed by atoms with Crippen LogP contribution in [-0.4, -0.2) is 17.7 Å². The zero-order chi connectivity index (χ0) is 15.8. The number of hydrogen-bond donors (Lipinski definition) is 1. The molecule has 0 atom stereocenters. The molecule has 0 radical (unpaired) electrons. The molecule has 23 heavy (non-hydrogen) atoms. The van der Waals surface area contributed by atoms with Crippen LogP contribution in [0.2, 0.25) is 0 Å². The summed E-state index contributed by atoms with van der Waals surface area (Å²) in [7, 11) is 0. The van der Waals surface area contributed by atoms with Gasteiger partial charge < -0.3 is 14.6 Å². The fourth-order valence-electron chi connectivity index (χ4n) is 3.73. The molecular weight excluding hydrogens is 292 g/mol. The van der Waals surface area contributed by atoms with Crippen molar-refractivity contribution in [1.82, 2.24) is 5.16 Å². The maximum absolute atomic E-state index is 11.7. The Morgan fingerprint density at radius 1 is 1.17 bits per heavy atom. The van der Waals surface area contributed by atoms with E-state index in [-0.39, 0.29) is 5.69 Å². The van der Waals surface area contributed by atoms with Crippen LogP contribution in [0.4, 0.5) is 11.6 Å². The van der Waals surface area contributed by atoms with Gasteiger partial charge in [0.2, 0.25) is 5.88 Å². The van der Waals surface area contributed by atoms with E-state index in [1.165, 1.54) is 40.8 Å². The van der Waals surface area contributed by atoms with E-state index in [1.807, 2.05) is 0 Å². The Hall–Kier alpha value is -2.30. The Labute approximate surface area is 135 Å². The average molecular weight is 312 g/mol. The lowest BCUT2D eigenvalue weighted by Gasteiger charge is -2.15. The molecule has 120 valence electrons. The van der Waals surface area contributed by atoms with Gasteiger partial charge in [-0.05, 0) is 67.7 Å². The van der Waals surface area contributed by atoms with Crippen molar-refractivity contribution >= 4 is 17.5 Å². The largest absolute Gasteiger partial charge is 0.461 e. The highest BCUT2D eigenvalue weighted by Crippen LogP contribution is 2.39. The number of hydrogen-bond acceptors (Lipinski definition) is 5. The van der Waals surface area contributed by atoms with Gasteiger partial charge in [0.15, 0.2) is 5.69 Å². The highest BCUT2D eigenvalue weighted by atomic mass is 16.5. The van der Waals surface area contributed by atoms with Gasteiger partial charge in [0.05, 0.1) is 6.61 Å². The number of carbonyl (C=O) groups excluding carboxylic acids is 1. The first-order chi connectivity index (χ1) is 11.3. The molecule has 2 aliphatic carbocycles. The topological polar surface area (TPSA) is 64.4 Å². The van der Waals surface area contributed by atoms with E-state index < -0.39 is 5.97 Å². The van der Waals surface area contributed by atoms with Crippen molar-refractivity contribution in [2.45, 2.75) is 45.4 Å². The third-order valence-corrected chi connectivity index (χ3v) is 4.72. The molecule has 0 amide bonds. The predicted octanol–water partition coefficient (Wildman–Crippen LogP) is 3.57. The van der Waals surface area contributed by atoms with Crippen molar-refractivity contribution in [3.8, 4) is 0 Å². The number of aryl methyl sites for hydroxylation is 2. The Bertz CT molecular complexity index is 732. The fraction of sp³-hybridized carbons (Fsp3) is 0.444. The first kappa shape index (κ1) is 14.3. The van der Waals surface area contributed by atoms with Crippen LogP contribution >= 0.6 is 0 Å². The van der Waals surface area contributed by atoms with Crippen LogP contribution < -0.4 is 5.32 Å². The highest BCUT2D eigenvalue weighted by Gasteiger charge is 2.25. The summed E-state index contributed by atoms with van der Waals surface area (Å²) in [6.07, 6.45) is 6.92. The summed E-state index contributed by atoms with van der Waals surface area (Å²) in [5.41, 5.74) is 7.11. The Kier molecular flexibility index (Phi) is 3.56. The smallest absolute Gasteiger partial charge is 0.360 e. The van der Waals surface area contributed by atoms with Crippen LogP contribution in [-0.2, 0) is 30.4 Å². The van der Waals surface area contributed by atoms with Crippen LogP contribution in [0.5, 0.6) is 0 Å². The molecule has 0 spiro atoms. The van der Waals surface area contributed by atoms with Crippen molar-refractivity contribution in [3.63, 3.8) is 0 Å². The van der Waals surface area contributed by atoms with E-state index in [4.69, 9.17) is 9.26 Å². The van der Waals surface area contributed by atoms with E-state index in [2.05, 4.69) is 16.5 Å². The minimum absolute atomic E-state index is 0.207. The molecule has 5 heteroatoms. The normalized spacial score (nSPS) is 15.3. The van der Waals surface area contributed by atoms with Crippen LogP contribution in [0.15, 0.2) is 16.7 Å². The van der Waals surface area contributed by atoms with Crippen LogP contribution in [0.1, 0.15) is 52.5 Å². The van der Waals surface area contributed by atoms with E-state index in [1.54, 1.807) is 13.0 Å². The lowest BCUT2D eigenvalue weighted by Crippen LogP contribution is -2.04. The summed E-state index contributed by atoms with van der Waals surface area (Å²) in [6.45, 7) is 2.10. The average Bonchev–Trinajstić information content (AvgIpc) is 3.26. The number of rotatable bonds is 4. The molecule has 0 bridgehead atoms. The molecule has 1 aromatic heterocycles. The molecule has 0 unspecified atom stereocenters. The summed E-state index contributed by atoms with van der Waals surface area (Å²) >= 11 is 0. The van der Waals surface area contributed by atoms with Gasteiger partial charge in [0.1, 0.15) is 0 Å². The summed E-state index contributed by atoms with van der Waals surface area (Å²) < 4.78 is 10.2. The Morgan fingerprint density at radius 2 is 1.87 bits per heavy atom. The van der Waals surface area contributed by atoms with E-state index in [9.17, 15) is 4.79 Å². The molecule has 2 aliphatic rings. The van der Waals surface area contributed by atoms with Crippen molar-refractivity contribution in [2.24, 2.45) is 0 Å². The molecule has 0 fully saturated rings. The fourth-order valence-corrected chi connectivity index (χ4v) is 3.73. The van der Waals surface area contributed by atoms with Crippen molar-refractivity contribution < 1.29 is 14.1 Å². The summed E-state index contributed by atoms with van der Waals surface area (Å²) in [4.78, 5) is 11.7. The van der Waals surface area contributed by atoms with Crippen LogP contribution in [0.25, 0.3) is 0 Å². The van der Waals surface area contributed by atoms with Crippen molar-refractivity contribution in [2.75, 3.05) is 11.9 Å². The standard InChI is InChI=1S/C18H20N2O3/c1-2-22-18(21)15-10-16(23-20-15)19-17-13-7-3-5-11(13)9-12-6-4-8-14(12)17/h9-10,19H,2-8H2,1H3. The number of nitrogens with one attached hydrogen (secondary N) is 1. The number of esters is 1. The number of aromatic nitrogens is 1. The quantitative estimate of drug-likeness (QED) is 0.874. The van der Waals surface area contributed by atoms with Gasteiger partial charge in [-0.25, -0.2) is 4.79 Å². The van der Waals surface area contributed by atoms with Gasteiger partial charge in [-0.2, -0.15) is 0 Å². The molecule has 5 nitrogen and oxygen atoms in total. The van der Waals surface area contributed by atoms with Gasteiger partial charge in [-0.15, -0.1) is 0 Å². The monoisotopic (exact) mass is 312 g/mol. The zero-order valence-electron chi connectivity index (χ0n) is 13.3. The Balaban J connectivity index is 1.66. The minimum Gasteiger partial charge on any atom is -0.461 e. The van der Waals surface area contributed by atoms with Gasteiger partial charge in [-0.3, -0.25) is 0 Å². The second-order valence-electron chi connectivity index (χ2n) is 6.16. The molecule has 0 saturated heterocycles. The lowest BCUT2D eigenvalue weighted by molar-refractivity contribution is 0.0514. The van der Waals surface area contributed by atoms with Gasteiger partial charge in [-0.1, -0.05) is 11.2 Å². The molecule has 1 aromatic carbocycles. The van der Waals surface area contributed by atoms with E-state index in [0.717, 1.165) is 25.7 Å².